The van der Waals surface area contributed by atoms with Crippen LogP contribution in [0, 0.1) is 6.92 Å². The highest BCUT2D eigenvalue weighted by molar-refractivity contribution is 9.10. The second-order valence-electron chi connectivity index (χ2n) is 3.15. The first-order valence-electron chi connectivity index (χ1n) is 4.42. The Labute approximate surface area is 99.6 Å². The Hall–Kier alpha value is -1.76. The maximum absolute atomic E-state index is 11.9. The molecule has 0 spiro atoms. The average Bonchev–Trinajstić information content (AvgIpc) is 2.58. The molecule has 6 nitrogen and oxygen atoms in total. The fourth-order valence-electron chi connectivity index (χ4n) is 1.21. The van der Waals surface area contributed by atoms with Gasteiger partial charge in [-0.25, -0.2) is 9.97 Å². The number of halogens is 1. The van der Waals surface area contributed by atoms with E-state index in [4.69, 9.17) is 5.73 Å². The third-order valence-corrected chi connectivity index (χ3v) is 2.30. The van der Waals surface area contributed by atoms with E-state index in [0.717, 1.165) is 4.68 Å². The number of hydrogen-bond donors (Lipinski definition) is 1. The Balaban J connectivity index is 2.39. The maximum atomic E-state index is 11.9. The molecule has 2 aromatic rings. The van der Waals surface area contributed by atoms with Crippen LogP contribution < -0.4 is 5.73 Å². The van der Waals surface area contributed by atoms with E-state index < -0.39 is 5.91 Å². The van der Waals surface area contributed by atoms with Gasteiger partial charge in [0.15, 0.2) is 0 Å². The molecule has 2 rings (SSSR count). The molecule has 0 fully saturated rings. The van der Waals surface area contributed by atoms with Crippen LogP contribution in [0.1, 0.15) is 16.2 Å². The van der Waals surface area contributed by atoms with E-state index in [1.807, 2.05) is 0 Å². The minimum absolute atomic E-state index is 0.193. The SMILES string of the molecule is Cc1cc(N)n(C(=O)c2cnc(Br)cn2)n1. The van der Waals surface area contributed by atoms with Gasteiger partial charge in [0, 0.05) is 6.07 Å². The first-order chi connectivity index (χ1) is 7.58. The largest absolute Gasteiger partial charge is 0.383 e. The molecular weight excluding hydrogens is 274 g/mol. The number of hydrogen-bond acceptors (Lipinski definition) is 5. The van der Waals surface area contributed by atoms with Crippen molar-refractivity contribution in [1.82, 2.24) is 19.7 Å². The minimum atomic E-state index is -0.398. The van der Waals surface area contributed by atoms with Gasteiger partial charge in [0.2, 0.25) is 0 Å². The maximum Gasteiger partial charge on any atom is 0.300 e. The predicted octanol–water partition coefficient (Wildman–Crippen LogP) is 1.01. The van der Waals surface area contributed by atoms with Crippen molar-refractivity contribution < 1.29 is 4.79 Å². The number of nitrogens with two attached hydrogens (primary N) is 1. The summed E-state index contributed by atoms with van der Waals surface area (Å²) < 4.78 is 1.67. The summed E-state index contributed by atoms with van der Waals surface area (Å²) in [5.74, 6) is -0.113. The molecule has 0 saturated carbocycles. The molecule has 7 heteroatoms. The molecule has 2 aromatic heterocycles. The summed E-state index contributed by atoms with van der Waals surface area (Å²) >= 11 is 3.14. The van der Waals surface area contributed by atoms with Gasteiger partial charge < -0.3 is 5.73 Å². The lowest BCUT2D eigenvalue weighted by molar-refractivity contribution is 0.0942. The van der Waals surface area contributed by atoms with Gasteiger partial charge in [-0.3, -0.25) is 4.79 Å². The average molecular weight is 282 g/mol. The van der Waals surface area contributed by atoms with Crippen molar-refractivity contribution >= 4 is 27.7 Å². The van der Waals surface area contributed by atoms with Crippen LogP contribution >= 0.6 is 15.9 Å². The Morgan fingerprint density at radius 2 is 2.19 bits per heavy atom. The number of nitrogens with zero attached hydrogens (tertiary/aromatic N) is 4. The molecule has 2 N–H and O–H groups in total. The summed E-state index contributed by atoms with van der Waals surface area (Å²) in [6.07, 6.45) is 2.81. The van der Waals surface area contributed by atoms with Gasteiger partial charge in [-0.05, 0) is 22.9 Å². The number of nitrogen functional groups attached to an aromatic ring is 1. The van der Waals surface area contributed by atoms with E-state index in [1.165, 1.54) is 12.4 Å². The second-order valence-corrected chi connectivity index (χ2v) is 3.96. The molecular formula is C9H8BrN5O. The van der Waals surface area contributed by atoms with Crippen molar-refractivity contribution in [3.8, 4) is 0 Å². The second kappa shape index (κ2) is 4.01. The summed E-state index contributed by atoms with van der Waals surface area (Å²) in [6.45, 7) is 1.76. The Morgan fingerprint density at radius 1 is 1.44 bits per heavy atom. The lowest BCUT2D eigenvalue weighted by Crippen LogP contribution is -2.17. The lowest BCUT2D eigenvalue weighted by atomic mass is 10.4. The van der Waals surface area contributed by atoms with Crippen LogP contribution in [-0.2, 0) is 0 Å². The molecule has 0 atom stereocenters. The van der Waals surface area contributed by atoms with Crippen molar-refractivity contribution in [2.45, 2.75) is 6.92 Å². The molecule has 0 unspecified atom stereocenters. The molecule has 0 saturated heterocycles. The van der Waals surface area contributed by atoms with E-state index >= 15 is 0 Å². The normalized spacial score (nSPS) is 10.4. The standard InChI is InChI=1S/C9H8BrN5O/c1-5-2-8(11)15(14-5)9(16)6-3-13-7(10)4-12-6/h2-4H,11H2,1H3. The zero-order chi connectivity index (χ0) is 11.7. The van der Waals surface area contributed by atoms with Crippen molar-refractivity contribution in [1.29, 1.82) is 0 Å². The van der Waals surface area contributed by atoms with Gasteiger partial charge in [-0.2, -0.15) is 9.78 Å². The molecule has 82 valence electrons. The third kappa shape index (κ3) is 1.94. The van der Waals surface area contributed by atoms with Crippen LogP contribution in [0.4, 0.5) is 5.82 Å². The van der Waals surface area contributed by atoms with Crippen molar-refractivity contribution in [3.05, 3.63) is 34.5 Å². The van der Waals surface area contributed by atoms with Crippen LogP contribution in [0.2, 0.25) is 0 Å². The van der Waals surface area contributed by atoms with Crippen LogP contribution in [0.3, 0.4) is 0 Å². The molecule has 16 heavy (non-hydrogen) atoms. The van der Waals surface area contributed by atoms with Crippen LogP contribution in [0.25, 0.3) is 0 Å². The smallest absolute Gasteiger partial charge is 0.300 e. The highest BCUT2D eigenvalue weighted by Gasteiger charge is 2.14. The fourth-order valence-corrected chi connectivity index (χ4v) is 1.42. The third-order valence-electron chi connectivity index (χ3n) is 1.89. The van der Waals surface area contributed by atoms with Gasteiger partial charge in [0.1, 0.15) is 16.1 Å². The summed E-state index contributed by atoms with van der Waals surface area (Å²) in [7, 11) is 0. The Bertz CT molecular complexity index is 533. The van der Waals surface area contributed by atoms with E-state index in [1.54, 1.807) is 13.0 Å². The van der Waals surface area contributed by atoms with Gasteiger partial charge in [-0.1, -0.05) is 0 Å². The predicted molar refractivity (Wildman–Crippen MR) is 60.8 cm³/mol. The van der Waals surface area contributed by atoms with E-state index in [9.17, 15) is 4.79 Å². The van der Waals surface area contributed by atoms with Crippen LogP contribution in [0.15, 0.2) is 23.1 Å². The van der Waals surface area contributed by atoms with Gasteiger partial charge in [-0.15, -0.1) is 0 Å². The quantitative estimate of drug-likeness (QED) is 0.843. The molecule has 2 heterocycles. The number of carbonyl (C=O) groups is 1. The van der Waals surface area contributed by atoms with Gasteiger partial charge >= 0.3 is 0 Å². The number of carbonyl (C=O) groups excluding carboxylic acids is 1. The fraction of sp³-hybridized carbons (Fsp3) is 0.111. The summed E-state index contributed by atoms with van der Waals surface area (Å²) in [4.78, 5) is 19.7. The number of aryl methyl sites for hydroxylation is 1. The lowest BCUT2D eigenvalue weighted by Gasteiger charge is -2.01. The zero-order valence-corrected chi connectivity index (χ0v) is 9.97. The van der Waals surface area contributed by atoms with Crippen molar-refractivity contribution in [2.75, 3.05) is 5.73 Å². The highest BCUT2D eigenvalue weighted by atomic mass is 79.9. The zero-order valence-electron chi connectivity index (χ0n) is 8.38. The monoisotopic (exact) mass is 281 g/mol. The Kier molecular flexibility index (Phi) is 2.69. The number of anilines is 1. The summed E-state index contributed by atoms with van der Waals surface area (Å²) in [5, 5.41) is 3.97. The Morgan fingerprint density at radius 3 is 2.69 bits per heavy atom. The summed E-state index contributed by atoms with van der Waals surface area (Å²) in [6, 6.07) is 1.62. The molecule has 0 aromatic carbocycles. The number of rotatable bonds is 1. The van der Waals surface area contributed by atoms with Crippen LogP contribution in [0.5, 0.6) is 0 Å². The summed E-state index contributed by atoms with van der Waals surface area (Å²) in [5.41, 5.74) is 6.50. The number of aromatic nitrogens is 4. The highest BCUT2D eigenvalue weighted by Crippen LogP contribution is 2.09. The molecule has 0 amide bonds. The first kappa shape index (κ1) is 10.7. The van der Waals surface area contributed by atoms with Crippen LogP contribution in [-0.4, -0.2) is 25.7 Å². The molecule has 0 bridgehead atoms. The molecule has 0 aliphatic carbocycles. The first-order valence-corrected chi connectivity index (χ1v) is 5.21. The molecule has 0 aliphatic rings. The minimum Gasteiger partial charge on any atom is -0.383 e. The molecule has 0 radical (unpaired) electrons. The van der Waals surface area contributed by atoms with E-state index in [0.29, 0.717) is 10.3 Å². The van der Waals surface area contributed by atoms with E-state index in [2.05, 4.69) is 31.0 Å². The van der Waals surface area contributed by atoms with E-state index in [-0.39, 0.29) is 11.5 Å². The topological polar surface area (TPSA) is 86.7 Å². The van der Waals surface area contributed by atoms with Crippen molar-refractivity contribution in [3.63, 3.8) is 0 Å². The van der Waals surface area contributed by atoms with Gasteiger partial charge in [0.25, 0.3) is 5.91 Å². The van der Waals surface area contributed by atoms with Crippen molar-refractivity contribution in [2.24, 2.45) is 0 Å². The molecule has 0 aliphatic heterocycles. The van der Waals surface area contributed by atoms with Gasteiger partial charge in [0.05, 0.1) is 18.1 Å².